The van der Waals surface area contributed by atoms with Crippen molar-refractivity contribution in [1.82, 2.24) is 24.0 Å². The molecule has 1 fully saturated rings. The van der Waals surface area contributed by atoms with Crippen molar-refractivity contribution >= 4 is 22.9 Å². The van der Waals surface area contributed by atoms with Crippen LogP contribution in [0.1, 0.15) is 19.4 Å². The molecule has 0 saturated carbocycles. The number of hydrogen-bond donors (Lipinski definition) is 1. The van der Waals surface area contributed by atoms with E-state index in [4.69, 9.17) is 10.5 Å². The van der Waals surface area contributed by atoms with Gasteiger partial charge in [0.1, 0.15) is 35.0 Å². The van der Waals surface area contributed by atoms with Crippen molar-refractivity contribution < 1.29 is 18.3 Å². The zero-order valence-electron chi connectivity index (χ0n) is 19.1. The second-order valence-corrected chi connectivity index (χ2v) is 8.19. The Hall–Kier alpha value is -4.72. The van der Waals surface area contributed by atoms with Crippen molar-refractivity contribution in [1.29, 1.82) is 0 Å². The first kappa shape index (κ1) is 23.0. The summed E-state index contributed by atoms with van der Waals surface area (Å²) >= 11 is 0. The van der Waals surface area contributed by atoms with Gasteiger partial charge in [0.05, 0.1) is 11.7 Å². The topological polar surface area (TPSA) is 108 Å². The van der Waals surface area contributed by atoms with E-state index in [9.17, 15) is 18.4 Å². The molecule has 2 N–H and O–H groups in total. The number of nitrogen functional groups attached to an aromatic ring is 1. The molecule has 1 atom stereocenters. The predicted octanol–water partition coefficient (Wildman–Crippen LogP) is 3.03. The number of hydrogen-bond acceptors (Lipinski definition) is 6. The maximum absolute atomic E-state index is 13.6. The van der Waals surface area contributed by atoms with Crippen LogP contribution in [-0.2, 0) is 4.79 Å². The lowest BCUT2D eigenvalue weighted by Gasteiger charge is -2.14. The third-order valence-corrected chi connectivity index (χ3v) is 5.89. The standard InChI is InChI=1S/C25H20F2N6O3/c1-2-3-21(34)31-9-8-18(13-31)33-24-22(23(28)29-14-30-24)32(25(33)35)17-4-6-19(7-5-17)36-20-11-15(26)10-16(27)12-20/h4-7,10-12,14,18H,8-9,13H2,1H3,(H2,28,29,30)/t18-/m1/s1. The van der Waals surface area contributed by atoms with Crippen LogP contribution in [0.15, 0.2) is 53.6 Å². The summed E-state index contributed by atoms with van der Waals surface area (Å²) in [6.07, 6.45) is 1.84. The van der Waals surface area contributed by atoms with Gasteiger partial charge >= 0.3 is 5.69 Å². The number of nitrogens with two attached hydrogens (primary N) is 1. The molecule has 2 aromatic heterocycles. The molecule has 1 saturated heterocycles. The number of carbonyl (C=O) groups is 1. The lowest BCUT2D eigenvalue weighted by atomic mass is 10.2. The zero-order chi connectivity index (χ0) is 25.4. The van der Waals surface area contributed by atoms with Gasteiger partial charge in [-0.1, -0.05) is 5.92 Å². The van der Waals surface area contributed by atoms with Gasteiger partial charge in [-0.3, -0.25) is 13.9 Å². The molecule has 0 spiro atoms. The Kier molecular flexibility index (Phi) is 5.85. The van der Waals surface area contributed by atoms with Gasteiger partial charge in [0, 0.05) is 31.3 Å². The predicted molar refractivity (Wildman–Crippen MR) is 128 cm³/mol. The Labute approximate surface area is 203 Å². The van der Waals surface area contributed by atoms with Gasteiger partial charge in [-0.25, -0.2) is 23.5 Å². The number of anilines is 1. The Morgan fingerprint density at radius 3 is 2.53 bits per heavy atom. The molecule has 9 nitrogen and oxygen atoms in total. The Morgan fingerprint density at radius 1 is 1.11 bits per heavy atom. The Bertz CT molecular complexity index is 1580. The van der Waals surface area contributed by atoms with Crippen LogP contribution in [-0.4, -0.2) is 43.0 Å². The largest absolute Gasteiger partial charge is 0.457 e. The van der Waals surface area contributed by atoms with Crippen molar-refractivity contribution in [2.45, 2.75) is 19.4 Å². The monoisotopic (exact) mass is 490 g/mol. The first-order valence-electron chi connectivity index (χ1n) is 11.0. The summed E-state index contributed by atoms with van der Waals surface area (Å²) in [5.41, 5.74) is 6.91. The van der Waals surface area contributed by atoms with Crippen molar-refractivity contribution in [3.8, 4) is 29.0 Å². The lowest BCUT2D eigenvalue weighted by molar-refractivity contribution is -0.124. The summed E-state index contributed by atoms with van der Waals surface area (Å²) in [7, 11) is 0. The lowest BCUT2D eigenvalue weighted by Crippen LogP contribution is -2.31. The van der Waals surface area contributed by atoms with Gasteiger partial charge in [0.15, 0.2) is 11.5 Å². The second-order valence-electron chi connectivity index (χ2n) is 8.19. The number of amides is 1. The van der Waals surface area contributed by atoms with Gasteiger partial charge in [-0.15, -0.1) is 0 Å². The number of nitrogens with zero attached hydrogens (tertiary/aromatic N) is 5. The molecule has 5 rings (SSSR count). The van der Waals surface area contributed by atoms with Crippen molar-refractivity contribution in [3.05, 3.63) is 70.9 Å². The van der Waals surface area contributed by atoms with E-state index in [2.05, 4.69) is 21.8 Å². The van der Waals surface area contributed by atoms with Crippen molar-refractivity contribution in [2.75, 3.05) is 18.8 Å². The summed E-state index contributed by atoms with van der Waals surface area (Å²) in [6, 6.07) is 8.92. The molecule has 2 aromatic carbocycles. The normalized spacial score (nSPS) is 15.1. The average molecular weight is 490 g/mol. The van der Waals surface area contributed by atoms with E-state index in [1.807, 2.05) is 0 Å². The molecule has 36 heavy (non-hydrogen) atoms. The van der Waals surface area contributed by atoms with E-state index in [0.717, 1.165) is 18.2 Å². The average Bonchev–Trinajstić information content (AvgIpc) is 3.42. The van der Waals surface area contributed by atoms with Gasteiger partial charge < -0.3 is 15.4 Å². The van der Waals surface area contributed by atoms with Crippen molar-refractivity contribution in [3.63, 3.8) is 0 Å². The van der Waals surface area contributed by atoms with Crippen LogP contribution in [0, 0.1) is 23.5 Å². The highest BCUT2D eigenvalue weighted by Crippen LogP contribution is 2.29. The molecule has 3 heterocycles. The minimum absolute atomic E-state index is 0.000221. The fraction of sp³-hybridized carbons (Fsp3) is 0.200. The highest BCUT2D eigenvalue weighted by Gasteiger charge is 2.31. The SMILES string of the molecule is CC#CC(=O)N1CC[C@@H](n2c(=O)n(-c3ccc(Oc4cc(F)cc(F)c4)cc3)c3c(N)ncnc32)C1. The highest BCUT2D eigenvalue weighted by atomic mass is 19.1. The van der Waals surface area contributed by atoms with E-state index >= 15 is 0 Å². The van der Waals surface area contributed by atoms with E-state index < -0.39 is 11.6 Å². The van der Waals surface area contributed by atoms with Gasteiger partial charge in [0.25, 0.3) is 5.91 Å². The van der Waals surface area contributed by atoms with Gasteiger partial charge in [-0.05, 0) is 43.5 Å². The quantitative estimate of drug-likeness (QED) is 0.441. The van der Waals surface area contributed by atoms with Crippen LogP contribution < -0.4 is 16.2 Å². The third kappa shape index (κ3) is 4.13. The molecule has 0 bridgehead atoms. The number of benzene rings is 2. The second kappa shape index (κ2) is 9.14. The first-order valence-corrected chi connectivity index (χ1v) is 11.0. The van der Waals surface area contributed by atoms with Crippen LogP contribution in [0.25, 0.3) is 16.9 Å². The van der Waals surface area contributed by atoms with Gasteiger partial charge in [0.2, 0.25) is 0 Å². The molecule has 1 aliphatic rings. The smallest absolute Gasteiger partial charge is 0.335 e. The van der Waals surface area contributed by atoms with Crippen LogP contribution in [0.4, 0.5) is 14.6 Å². The molecule has 11 heteroatoms. The highest BCUT2D eigenvalue weighted by molar-refractivity contribution is 5.93. The minimum Gasteiger partial charge on any atom is -0.457 e. The molecule has 4 aromatic rings. The number of fused-ring (bicyclic) bond motifs is 1. The molecule has 182 valence electrons. The van der Waals surface area contributed by atoms with E-state index in [0.29, 0.717) is 42.1 Å². The number of rotatable bonds is 4. The zero-order valence-corrected chi connectivity index (χ0v) is 19.1. The molecule has 1 amide bonds. The molecule has 1 aliphatic heterocycles. The number of likely N-dealkylation sites (tertiary alicyclic amines) is 1. The Morgan fingerprint density at radius 2 is 1.83 bits per heavy atom. The minimum atomic E-state index is -0.759. The third-order valence-electron chi connectivity index (χ3n) is 5.89. The first-order chi connectivity index (χ1) is 17.4. The number of ether oxygens (including phenoxy) is 1. The molecule has 0 radical (unpaired) electrons. The summed E-state index contributed by atoms with van der Waals surface area (Å²) < 4.78 is 35.4. The maximum Gasteiger partial charge on any atom is 0.335 e. The fourth-order valence-electron chi connectivity index (χ4n) is 4.35. The van der Waals surface area contributed by atoms with E-state index in [-0.39, 0.29) is 29.2 Å². The number of imidazole rings is 1. The Balaban J connectivity index is 1.52. The van der Waals surface area contributed by atoms with Crippen molar-refractivity contribution in [2.24, 2.45) is 0 Å². The summed E-state index contributed by atoms with van der Waals surface area (Å²) in [5, 5.41) is 0. The van der Waals surface area contributed by atoms with E-state index in [1.165, 1.54) is 15.5 Å². The van der Waals surface area contributed by atoms with Crippen LogP contribution in [0.2, 0.25) is 0 Å². The molecular formula is C25H20F2N6O3. The summed E-state index contributed by atoms with van der Waals surface area (Å²) in [4.78, 5) is 35.8. The summed E-state index contributed by atoms with van der Waals surface area (Å²) in [6.45, 7) is 2.37. The number of halogens is 2. The van der Waals surface area contributed by atoms with Crippen LogP contribution in [0.5, 0.6) is 11.5 Å². The maximum atomic E-state index is 13.6. The molecule has 0 unspecified atom stereocenters. The van der Waals surface area contributed by atoms with E-state index in [1.54, 1.807) is 36.1 Å². The number of carbonyl (C=O) groups excluding carboxylic acids is 1. The van der Waals surface area contributed by atoms with Crippen LogP contribution >= 0.6 is 0 Å². The summed E-state index contributed by atoms with van der Waals surface area (Å²) in [5.74, 6) is 3.75. The molecule has 0 aliphatic carbocycles. The molecular weight excluding hydrogens is 470 g/mol. The fourth-order valence-corrected chi connectivity index (χ4v) is 4.35. The van der Waals surface area contributed by atoms with Gasteiger partial charge in [-0.2, -0.15) is 0 Å². The number of aromatic nitrogens is 4. The van der Waals surface area contributed by atoms with Crippen LogP contribution in [0.3, 0.4) is 0 Å².